The maximum atomic E-state index is 13.5. The van der Waals surface area contributed by atoms with Crippen LogP contribution < -0.4 is 4.74 Å². The van der Waals surface area contributed by atoms with Crippen molar-refractivity contribution in [1.82, 2.24) is 9.99 Å². The van der Waals surface area contributed by atoms with E-state index in [2.05, 4.69) is 35.2 Å². The Balaban J connectivity index is 1.26. The van der Waals surface area contributed by atoms with Crippen molar-refractivity contribution in [1.29, 1.82) is 5.26 Å². The first kappa shape index (κ1) is 19.7. The minimum Gasteiger partial charge on any atom is -0.477 e. The molecule has 1 aromatic carbocycles. The zero-order chi connectivity index (χ0) is 21.4. The number of hydrazone groups is 1. The molecule has 2 aromatic rings. The number of ether oxygens (including phenoxy) is 1. The Bertz CT molecular complexity index is 1040. The van der Waals surface area contributed by atoms with E-state index in [9.17, 15) is 4.79 Å². The summed E-state index contributed by atoms with van der Waals surface area (Å²) < 4.78 is 5.92. The maximum absolute atomic E-state index is 13.5. The molecule has 1 amide bonds. The molecule has 1 aliphatic heterocycles. The maximum Gasteiger partial charge on any atom is 0.246 e. The highest BCUT2D eigenvalue weighted by Crippen LogP contribution is 2.53. The molecule has 3 fully saturated rings. The van der Waals surface area contributed by atoms with E-state index in [0.29, 0.717) is 35.8 Å². The summed E-state index contributed by atoms with van der Waals surface area (Å²) in [5.41, 5.74) is 2.90. The number of aromatic nitrogens is 1. The number of fused-ring (bicyclic) bond motifs is 2. The second-order valence-electron chi connectivity index (χ2n) is 8.99. The van der Waals surface area contributed by atoms with E-state index in [1.165, 1.54) is 17.3 Å². The lowest BCUT2D eigenvalue weighted by molar-refractivity contribution is -0.148. The van der Waals surface area contributed by atoms with Crippen LogP contribution in [0.1, 0.15) is 48.4 Å². The van der Waals surface area contributed by atoms with Crippen molar-refractivity contribution in [2.24, 2.45) is 28.8 Å². The van der Waals surface area contributed by atoms with Gasteiger partial charge in [0.05, 0.1) is 18.2 Å². The molecule has 0 radical (unpaired) electrons. The highest BCUT2D eigenvalue weighted by atomic mass is 16.5. The molecule has 158 valence electrons. The Kier molecular flexibility index (Phi) is 5.19. The number of nitrogens with zero attached hydrogens (tertiary/aromatic N) is 4. The number of benzene rings is 1. The van der Waals surface area contributed by atoms with Crippen LogP contribution in [-0.4, -0.2) is 28.7 Å². The van der Waals surface area contributed by atoms with Crippen LogP contribution in [0.5, 0.6) is 5.88 Å². The summed E-state index contributed by atoms with van der Waals surface area (Å²) in [4.78, 5) is 17.8. The Hall–Kier alpha value is -3.20. The molecule has 4 aliphatic rings. The number of aryl methyl sites for hydroxylation is 1. The fourth-order valence-corrected chi connectivity index (χ4v) is 5.38. The second-order valence-corrected chi connectivity index (χ2v) is 8.99. The van der Waals surface area contributed by atoms with Crippen LogP contribution in [0, 0.1) is 41.9 Å². The van der Waals surface area contributed by atoms with Gasteiger partial charge in [-0.25, -0.2) is 9.99 Å². The molecule has 2 heterocycles. The summed E-state index contributed by atoms with van der Waals surface area (Å²) in [6.07, 6.45) is 7.21. The topological polar surface area (TPSA) is 78.6 Å². The normalized spacial score (nSPS) is 28.6. The summed E-state index contributed by atoms with van der Waals surface area (Å²) in [7, 11) is 0. The van der Waals surface area contributed by atoms with Gasteiger partial charge >= 0.3 is 0 Å². The number of carbonyl (C=O) groups excluding carboxylic acids is 1. The van der Waals surface area contributed by atoms with Crippen LogP contribution in [0.3, 0.4) is 0 Å². The van der Waals surface area contributed by atoms with Gasteiger partial charge in [-0.15, -0.1) is 0 Å². The number of nitriles is 1. The van der Waals surface area contributed by atoms with Crippen molar-refractivity contribution in [2.45, 2.75) is 38.6 Å². The molecule has 3 aliphatic carbocycles. The summed E-state index contributed by atoms with van der Waals surface area (Å²) in [6.45, 7) is 2.66. The molecule has 6 heteroatoms. The minimum atomic E-state index is 0.00375. The molecule has 0 N–H and O–H groups in total. The molecular weight excluding hydrogens is 388 g/mol. The van der Waals surface area contributed by atoms with Crippen molar-refractivity contribution in [3.05, 3.63) is 59.3 Å². The highest BCUT2D eigenvalue weighted by Gasteiger charge is 2.50. The third-order valence-corrected chi connectivity index (χ3v) is 7.23. The zero-order valence-corrected chi connectivity index (χ0v) is 17.6. The van der Waals surface area contributed by atoms with Gasteiger partial charge in [0, 0.05) is 30.8 Å². The van der Waals surface area contributed by atoms with Gasteiger partial charge < -0.3 is 4.74 Å². The van der Waals surface area contributed by atoms with Crippen LogP contribution >= 0.6 is 0 Å². The first-order valence-corrected chi connectivity index (χ1v) is 11.0. The van der Waals surface area contributed by atoms with Crippen molar-refractivity contribution < 1.29 is 9.53 Å². The molecule has 6 rings (SSSR count). The monoisotopic (exact) mass is 414 g/mol. The van der Waals surface area contributed by atoms with E-state index >= 15 is 0 Å². The third-order valence-electron chi connectivity index (χ3n) is 7.23. The average Bonchev–Trinajstić information content (AvgIpc) is 3.26. The fraction of sp³-hybridized carbons (Fsp3) is 0.440. The third kappa shape index (κ3) is 3.69. The van der Waals surface area contributed by atoms with Crippen molar-refractivity contribution >= 4 is 12.1 Å². The van der Waals surface area contributed by atoms with Crippen LogP contribution in [0.4, 0.5) is 0 Å². The number of hydrogen-bond donors (Lipinski definition) is 0. The van der Waals surface area contributed by atoms with Crippen LogP contribution in [0.15, 0.2) is 47.7 Å². The lowest BCUT2D eigenvalue weighted by Gasteiger charge is -2.51. The van der Waals surface area contributed by atoms with Crippen LogP contribution in [0.2, 0.25) is 0 Å². The Morgan fingerprint density at radius 3 is 2.77 bits per heavy atom. The quantitative estimate of drug-likeness (QED) is 0.732. The molecule has 2 bridgehead atoms. The largest absolute Gasteiger partial charge is 0.477 e. The Morgan fingerprint density at radius 1 is 1.19 bits per heavy atom. The van der Waals surface area contributed by atoms with Crippen LogP contribution in [-0.2, 0) is 4.79 Å². The smallest absolute Gasteiger partial charge is 0.246 e. The molecule has 31 heavy (non-hydrogen) atoms. The lowest BCUT2D eigenvalue weighted by Crippen LogP contribution is -2.50. The minimum absolute atomic E-state index is 0.00375. The number of amides is 1. The van der Waals surface area contributed by atoms with E-state index in [1.54, 1.807) is 17.1 Å². The van der Waals surface area contributed by atoms with Crippen LogP contribution in [0.25, 0.3) is 0 Å². The molecular formula is C25H26N4O2. The molecule has 0 saturated heterocycles. The number of carbonyl (C=O) groups is 1. The van der Waals surface area contributed by atoms with Crippen molar-refractivity contribution in [2.75, 3.05) is 6.61 Å². The zero-order valence-electron chi connectivity index (χ0n) is 17.6. The van der Waals surface area contributed by atoms with E-state index in [1.807, 2.05) is 18.3 Å². The van der Waals surface area contributed by atoms with Gasteiger partial charge in [0.1, 0.15) is 6.07 Å². The molecule has 3 atom stereocenters. The predicted octanol–water partition coefficient (Wildman–Crippen LogP) is 4.26. The molecule has 3 saturated carbocycles. The van der Waals surface area contributed by atoms with Gasteiger partial charge in [0.2, 0.25) is 11.8 Å². The molecule has 1 aromatic heterocycles. The van der Waals surface area contributed by atoms with E-state index in [4.69, 9.17) is 10.00 Å². The summed E-state index contributed by atoms with van der Waals surface area (Å²) in [6, 6.07) is 13.8. The average molecular weight is 415 g/mol. The lowest BCUT2D eigenvalue weighted by atomic mass is 9.55. The molecule has 6 nitrogen and oxygen atoms in total. The SMILES string of the molecule is Cc1ccccc1C1CC=NN1C(=O)C1CC(COc2ccc(C#N)cn2)C2CC1C2. The van der Waals surface area contributed by atoms with Crippen molar-refractivity contribution in [3.63, 3.8) is 0 Å². The number of pyridine rings is 1. The van der Waals surface area contributed by atoms with E-state index < -0.39 is 0 Å². The van der Waals surface area contributed by atoms with Gasteiger partial charge in [-0.3, -0.25) is 4.79 Å². The number of rotatable bonds is 5. The van der Waals surface area contributed by atoms with Gasteiger partial charge in [0.25, 0.3) is 0 Å². The van der Waals surface area contributed by atoms with Crippen molar-refractivity contribution in [3.8, 4) is 11.9 Å². The van der Waals surface area contributed by atoms with E-state index in [-0.39, 0.29) is 17.9 Å². The standard InChI is InChI=1S/C25H26N4O2/c1-16-4-2-3-5-21(16)23-8-9-28-29(23)25(30)22-12-20(18-10-19(22)11-18)15-31-24-7-6-17(13-26)14-27-24/h2-7,9,14,18-20,22-23H,8,10-12,15H2,1H3. The molecule has 0 spiro atoms. The highest BCUT2D eigenvalue weighted by molar-refractivity contribution is 5.82. The predicted molar refractivity (Wildman–Crippen MR) is 116 cm³/mol. The Labute approximate surface area is 182 Å². The van der Waals surface area contributed by atoms with Gasteiger partial charge in [0.15, 0.2) is 0 Å². The van der Waals surface area contributed by atoms with Gasteiger partial charge in [-0.2, -0.15) is 10.4 Å². The first-order valence-electron chi connectivity index (χ1n) is 11.0. The molecule has 3 unspecified atom stereocenters. The van der Waals surface area contributed by atoms with E-state index in [0.717, 1.165) is 25.7 Å². The fourth-order valence-electron chi connectivity index (χ4n) is 5.38. The van der Waals surface area contributed by atoms with Gasteiger partial charge in [-0.05, 0) is 61.1 Å². The summed E-state index contributed by atoms with van der Waals surface area (Å²) >= 11 is 0. The number of hydrogen-bond acceptors (Lipinski definition) is 5. The summed E-state index contributed by atoms with van der Waals surface area (Å²) in [5, 5.41) is 15.1. The first-order chi connectivity index (χ1) is 15.1. The van der Waals surface area contributed by atoms with Gasteiger partial charge in [-0.1, -0.05) is 24.3 Å². The Morgan fingerprint density at radius 2 is 2.03 bits per heavy atom. The summed E-state index contributed by atoms with van der Waals surface area (Å²) in [5.74, 6) is 2.14. The second kappa shape index (κ2) is 8.14.